The maximum absolute atomic E-state index is 13.3. The lowest BCUT2D eigenvalue weighted by Gasteiger charge is -2.38. The van der Waals surface area contributed by atoms with Crippen molar-refractivity contribution in [1.29, 1.82) is 0 Å². The fourth-order valence-corrected chi connectivity index (χ4v) is 6.49. The quantitative estimate of drug-likeness (QED) is 0.136. The van der Waals surface area contributed by atoms with Gasteiger partial charge < -0.3 is 10.3 Å². The van der Waals surface area contributed by atoms with E-state index in [1.54, 1.807) is 30.5 Å². The third-order valence-corrected chi connectivity index (χ3v) is 8.35. The van der Waals surface area contributed by atoms with E-state index in [1.807, 2.05) is 30.5 Å². The zero-order valence-electron chi connectivity index (χ0n) is 21.3. The molecule has 0 saturated heterocycles. The molecule has 3 aromatic heterocycles. The molecular weight excluding hydrogens is 552 g/mol. The van der Waals surface area contributed by atoms with Gasteiger partial charge in [-0.1, -0.05) is 30.2 Å². The van der Waals surface area contributed by atoms with Crippen LogP contribution in [0.5, 0.6) is 0 Å². The number of nitrogens with one attached hydrogen (secondary N) is 3. The second-order valence-corrected chi connectivity index (χ2v) is 11.3. The Morgan fingerprint density at radius 3 is 2.62 bits per heavy atom. The normalized spacial score (nSPS) is 20.5. The Labute approximate surface area is 238 Å². The number of fused-ring (bicyclic) bond motifs is 2. The lowest BCUT2D eigenvalue weighted by Crippen LogP contribution is -2.51. The fourth-order valence-electron chi connectivity index (χ4n) is 5.97. The van der Waals surface area contributed by atoms with Gasteiger partial charge in [0.15, 0.2) is 0 Å². The molecule has 10 nitrogen and oxygen atoms in total. The van der Waals surface area contributed by atoms with E-state index in [2.05, 4.69) is 25.0 Å². The summed E-state index contributed by atoms with van der Waals surface area (Å²) in [4.78, 5) is 39.9. The zero-order chi connectivity index (χ0) is 27.8. The van der Waals surface area contributed by atoms with Gasteiger partial charge in [0.1, 0.15) is 16.6 Å². The van der Waals surface area contributed by atoms with Gasteiger partial charge in [0.05, 0.1) is 17.2 Å². The maximum Gasteiger partial charge on any atom is 0.261 e. The fraction of sp³-hybridized carbons (Fsp3) is 0.286. The van der Waals surface area contributed by atoms with Gasteiger partial charge in [0.2, 0.25) is 11.3 Å². The third kappa shape index (κ3) is 5.13. The maximum atomic E-state index is 13.3. The minimum Gasteiger partial charge on any atom is -0.367 e. The van der Waals surface area contributed by atoms with Crippen LogP contribution in [0.1, 0.15) is 46.4 Å². The minimum atomic E-state index is -2.28. The molecule has 4 unspecified atom stereocenters. The predicted octanol–water partition coefficient (Wildman–Crippen LogP) is 4.64. The second-order valence-electron chi connectivity index (χ2n) is 10.1. The van der Waals surface area contributed by atoms with Crippen molar-refractivity contribution in [1.82, 2.24) is 24.6 Å². The highest BCUT2D eigenvalue weighted by molar-refractivity contribution is 7.77. The number of amides is 2. The van der Waals surface area contributed by atoms with Crippen LogP contribution >= 0.6 is 11.6 Å². The van der Waals surface area contributed by atoms with Crippen molar-refractivity contribution in [3.05, 3.63) is 77.2 Å². The van der Waals surface area contributed by atoms with Gasteiger partial charge in [-0.15, -0.1) is 0 Å². The van der Waals surface area contributed by atoms with E-state index in [1.165, 1.54) is 4.90 Å². The summed E-state index contributed by atoms with van der Waals surface area (Å²) in [6.45, 7) is 0.0140. The summed E-state index contributed by atoms with van der Waals surface area (Å²) < 4.78 is 23.4. The molecule has 2 aliphatic rings. The highest BCUT2D eigenvalue weighted by atomic mass is 35.5. The number of H-pyrrole nitrogens is 1. The van der Waals surface area contributed by atoms with E-state index >= 15 is 0 Å². The largest absolute Gasteiger partial charge is 0.367 e. The van der Waals surface area contributed by atoms with Crippen LogP contribution in [0.4, 0.5) is 5.82 Å². The first kappa shape index (κ1) is 26.6. The number of aromatic nitrogens is 3. The molecule has 0 spiro atoms. The van der Waals surface area contributed by atoms with E-state index in [0.29, 0.717) is 28.5 Å². The van der Waals surface area contributed by atoms with E-state index < -0.39 is 17.3 Å². The summed E-state index contributed by atoms with van der Waals surface area (Å²) in [5.41, 5.74) is 3.36. The first-order valence-electron chi connectivity index (χ1n) is 13.1. The van der Waals surface area contributed by atoms with Crippen LogP contribution in [0.15, 0.2) is 60.9 Å². The molecule has 4 heterocycles. The van der Waals surface area contributed by atoms with Crippen molar-refractivity contribution in [2.45, 2.75) is 37.8 Å². The molecule has 4 N–H and O–H groups in total. The van der Waals surface area contributed by atoms with Gasteiger partial charge in [0, 0.05) is 35.9 Å². The third-order valence-electron chi connectivity index (χ3n) is 7.74. The minimum absolute atomic E-state index is 0.000455. The Bertz CT molecular complexity index is 1590. The van der Waals surface area contributed by atoms with Crippen LogP contribution in [0.25, 0.3) is 22.2 Å². The average Bonchev–Trinajstić information content (AvgIpc) is 3.48. The number of pyridine rings is 2. The molecular formula is C28H27ClN6O4S. The highest BCUT2D eigenvalue weighted by Gasteiger charge is 2.43. The Morgan fingerprint density at radius 2 is 1.88 bits per heavy atom. The number of anilines is 1. The molecule has 1 aliphatic heterocycles. The Morgan fingerprint density at radius 1 is 1.10 bits per heavy atom. The number of hydrogen-bond acceptors (Lipinski definition) is 6. The van der Waals surface area contributed by atoms with Crippen LogP contribution in [0.2, 0.25) is 5.15 Å². The Hall–Kier alpha value is -3.64. The number of aromatic amines is 1. The molecule has 1 aromatic carbocycles. The molecule has 0 radical (unpaired) electrons. The summed E-state index contributed by atoms with van der Waals surface area (Å²) in [5, 5.41) is 4.84. The van der Waals surface area contributed by atoms with Crippen molar-refractivity contribution < 1.29 is 18.4 Å². The molecule has 2 amide bonds. The van der Waals surface area contributed by atoms with E-state index in [-0.39, 0.29) is 30.3 Å². The van der Waals surface area contributed by atoms with Crippen molar-refractivity contribution >= 4 is 51.5 Å². The molecule has 0 bridgehead atoms. The molecule has 12 heteroatoms. The lowest BCUT2D eigenvalue weighted by atomic mass is 9.80. The Balaban J connectivity index is 1.24. The number of nitrogens with zero attached hydrogens (tertiary/aromatic N) is 3. The number of imide groups is 1. The number of hydrogen-bond donors (Lipinski definition) is 4. The molecule has 1 fully saturated rings. The van der Waals surface area contributed by atoms with Crippen LogP contribution < -0.4 is 10.0 Å². The first-order chi connectivity index (χ1) is 19.4. The van der Waals surface area contributed by atoms with Crippen molar-refractivity contribution in [3.8, 4) is 11.1 Å². The molecule has 206 valence electrons. The van der Waals surface area contributed by atoms with Gasteiger partial charge in [-0.2, -0.15) is 0 Å². The van der Waals surface area contributed by atoms with Gasteiger partial charge in [-0.05, 0) is 67.1 Å². The van der Waals surface area contributed by atoms with E-state index in [0.717, 1.165) is 41.4 Å². The van der Waals surface area contributed by atoms with Crippen molar-refractivity contribution in [2.75, 3.05) is 11.9 Å². The van der Waals surface area contributed by atoms with E-state index in [4.69, 9.17) is 11.6 Å². The topological polar surface area (TPSA) is 140 Å². The number of carbonyl (C=O) groups is 2. The molecule has 4 aromatic rings. The SMILES string of the molecule is O=C1c2ccccc2C(=O)N1C(CNS(=O)O)C1CCCC(Nc2cc(-c3c[nH]c4ncccc34)cc(Cl)n2)C1. The predicted molar refractivity (Wildman–Crippen MR) is 153 cm³/mol. The van der Waals surface area contributed by atoms with Crippen LogP contribution in [-0.4, -0.2) is 59.1 Å². The summed E-state index contributed by atoms with van der Waals surface area (Å²) >= 11 is 4.15. The summed E-state index contributed by atoms with van der Waals surface area (Å²) in [6, 6.07) is 13.8. The highest BCUT2D eigenvalue weighted by Crippen LogP contribution is 2.36. The molecule has 6 rings (SSSR count). The molecule has 1 saturated carbocycles. The van der Waals surface area contributed by atoms with E-state index in [9.17, 15) is 18.4 Å². The smallest absolute Gasteiger partial charge is 0.261 e. The Kier molecular flexibility index (Phi) is 7.37. The average molecular weight is 579 g/mol. The van der Waals surface area contributed by atoms with Crippen LogP contribution in [-0.2, 0) is 11.3 Å². The van der Waals surface area contributed by atoms with Gasteiger partial charge in [-0.3, -0.25) is 19.0 Å². The molecule has 4 atom stereocenters. The first-order valence-corrected chi connectivity index (χ1v) is 14.6. The number of carbonyl (C=O) groups excluding carboxylic acids is 2. The summed E-state index contributed by atoms with van der Waals surface area (Å²) in [7, 11) is 0. The molecule has 1 aliphatic carbocycles. The second kappa shape index (κ2) is 11.1. The van der Waals surface area contributed by atoms with Gasteiger partial charge in [-0.25, -0.2) is 18.9 Å². The lowest BCUT2D eigenvalue weighted by molar-refractivity contribution is 0.0498. The van der Waals surface area contributed by atoms with Crippen molar-refractivity contribution in [3.63, 3.8) is 0 Å². The monoisotopic (exact) mass is 578 g/mol. The van der Waals surface area contributed by atoms with Crippen molar-refractivity contribution in [2.24, 2.45) is 5.92 Å². The zero-order valence-corrected chi connectivity index (χ0v) is 22.9. The standard InChI is InChI=1S/C28H27ClN6O4S/c29-24-12-17(22-14-31-26-19(22)9-4-10-30-26)13-25(34-24)33-18-6-3-5-16(11-18)23(15-32-40(38)39)35-27(36)20-7-1-2-8-21(20)28(35)37/h1-2,4,7-10,12-14,16,18,23,32H,3,5-6,11,15H2,(H,30,31)(H,33,34)(H,38,39). The van der Waals surface area contributed by atoms with Crippen LogP contribution in [0, 0.1) is 5.92 Å². The van der Waals surface area contributed by atoms with Gasteiger partial charge >= 0.3 is 0 Å². The number of rotatable bonds is 8. The number of halogens is 1. The number of benzene rings is 1. The van der Waals surface area contributed by atoms with Gasteiger partial charge in [0.25, 0.3) is 11.8 Å². The summed E-state index contributed by atoms with van der Waals surface area (Å²) in [6.07, 6.45) is 6.76. The molecule has 40 heavy (non-hydrogen) atoms. The summed E-state index contributed by atoms with van der Waals surface area (Å²) in [5.74, 6) is -0.220. The van der Waals surface area contributed by atoms with Crippen LogP contribution in [0.3, 0.4) is 0 Å².